The van der Waals surface area contributed by atoms with Crippen molar-refractivity contribution in [2.24, 2.45) is 0 Å². The van der Waals surface area contributed by atoms with Crippen LogP contribution in [-0.4, -0.2) is 61.9 Å². The molecule has 0 fully saturated rings. The maximum absolute atomic E-state index is 12.1. The summed E-state index contributed by atoms with van der Waals surface area (Å²) in [4.78, 5) is 14.5. The molecule has 0 spiro atoms. The molecule has 126 valence electrons. The van der Waals surface area contributed by atoms with Gasteiger partial charge in [-0.3, -0.25) is 15.0 Å². The maximum Gasteiger partial charge on any atom is 0.325 e. The van der Waals surface area contributed by atoms with Crippen molar-refractivity contribution >= 4 is 5.97 Å². The molecule has 0 radical (unpaired) electrons. The fourth-order valence-electron chi connectivity index (χ4n) is 2.80. The first kappa shape index (κ1) is 20.3. The number of methoxy groups -OCH3 is 1. The lowest BCUT2D eigenvalue weighted by Crippen LogP contribution is -2.56. The van der Waals surface area contributed by atoms with Gasteiger partial charge in [-0.05, 0) is 47.6 Å². The standard InChI is InChI=1S/C16H34N2O3/c1-8-18(10-11-21-9-2)14(5)12-16(6,15(19)20-7)17-13(3)4/h13-14,17H,8-12H2,1-7H3. The van der Waals surface area contributed by atoms with Crippen molar-refractivity contribution in [1.82, 2.24) is 10.2 Å². The number of likely N-dealkylation sites (N-methyl/N-ethyl adjacent to an activating group) is 1. The van der Waals surface area contributed by atoms with E-state index in [1.165, 1.54) is 7.11 Å². The summed E-state index contributed by atoms with van der Waals surface area (Å²) in [5.41, 5.74) is -0.665. The predicted octanol–water partition coefficient (Wildman–Crippen LogP) is 2.05. The molecule has 0 heterocycles. The summed E-state index contributed by atoms with van der Waals surface area (Å²) >= 11 is 0. The molecule has 0 aliphatic heterocycles. The molecule has 0 amide bonds. The van der Waals surface area contributed by atoms with Crippen LogP contribution in [0.4, 0.5) is 0 Å². The molecule has 0 saturated carbocycles. The molecule has 21 heavy (non-hydrogen) atoms. The second-order valence-electron chi connectivity index (χ2n) is 6.00. The number of hydrogen-bond acceptors (Lipinski definition) is 5. The van der Waals surface area contributed by atoms with Gasteiger partial charge < -0.3 is 9.47 Å². The van der Waals surface area contributed by atoms with E-state index in [4.69, 9.17) is 9.47 Å². The van der Waals surface area contributed by atoms with Crippen molar-refractivity contribution in [1.29, 1.82) is 0 Å². The molecule has 0 bridgehead atoms. The van der Waals surface area contributed by atoms with Crippen molar-refractivity contribution in [3.05, 3.63) is 0 Å². The first-order valence-corrected chi connectivity index (χ1v) is 7.98. The second-order valence-corrected chi connectivity index (χ2v) is 6.00. The summed E-state index contributed by atoms with van der Waals surface area (Å²) < 4.78 is 10.4. The molecular weight excluding hydrogens is 268 g/mol. The van der Waals surface area contributed by atoms with Crippen molar-refractivity contribution in [2.45, 2.75) is 65.6 Å². The van der Waals surface area contributed by atoms with Crippen LogP contribution in [0.5, 0.6) is 0 Å². The topological polar surface area (TPSA) is 50.8 Å². The van der Waals surface area contributed by atoms with Gasteiger partial charge in [-0.1, -0.05) is 6.92 Å². The van der Waals surface area contributed by atoms with Crippen LogP contribution in [0.2, 0.25) is 0 Å². The van der Waals surface area contributed by atoms with Gasteiger partial charge >= 0.3 is 5.97 Å². The Bertz CT molecular complexity index is 297. The minimum atomic E-state index is -0.665. The Balaban J connectivity index is 4.76. The summed E-state index contributed by atoms with van der Waals surface area (Å²) in [7, 11) is 1.44. The SMILES string of the molecule is CCOCCN(CC)C(C)CC(C)(NC(C)C)C(=O)OC. The third kappa shape index (κ3) is 7.25. The lowest BCUT2D eigenvalue weighted by Gasteiger charge is -2.36. The number of rotatable bonds is 11. The van der Waals surface area contributed by atoms with Crippen LogP contribution in [0.25, 0.3) is 0 Å². The van der Waals surface area contributed by atoms with Gasteiger partial charge in [-0.15, -0.1) is 0 Å². The van der Waals surface area contributed by atoms with Crippen LogP contribution >= 0.6 is 0 Å². The number of esters is 1. The molecule has 2 unspecified atom stereocenters. The fourth-order valence-corrected chi connectivity index (χ4v) is 2.80. The summed E-state index contributed by atoms with van der Waals surface area (Å²) in [5.74, 6) is -0.205. The quantitative estimate of drug-likeness (QED) is 0.468. The van der Waals surface area contributed by atoms with Gasteiger partial charge in [0, 0.05) is 25.2 Å². The summed E-state index contributed by atoms with van der Waals surface area (Å²) in [6.07, 6.45) is 0.706. The van der Waals surface area contributed by atoms with E-state index in [-0.39, 0.29) is 18.1 Å². The van der Waals surface area contributed by atoms with Gasteiger partial charge in [0.25, 0.3) is 0 Å². The van der Waals surface area contributed by atoms with E-state index in [1.54, 1.807) is 0 Å². The van der Waals surface area contributed by atoms with Gasteiger partial charge in [0.2, 0.25) is 0 Å². The molecular formula is C16H34N2O3. The van der Waals surface area contributed by atoms with Gasteiger partial charge in [0.05, 0.1) is 13.7 Å². The zero-order chi connectivity index (χ0) is 16.5. The minimum Gasteiger partial charge on any atom is -0.468 e. The van der Waals surface area contributed by atoms with E-state index in [0.29, 0.717) is 6.42 Å². The average Bonchev–Trinajstić information content (AvgIpc) is 2.41. The van der Waals surface area contributed by atoms with Crippen LogP contribution in [0.15, 0.2) is 0 Å². The normalized spacial score (nSPS) is 16.0. The molecule has 0 saturated heterocycles. The van der Waals surface area contributed by atoms with Crippen molar-refractivity contribution in [3.8, 4) is 0 Å². The summed E-state index contributed by atoms with van der Waals surface area (Å²) in [5, 5.41) is 3.35. The van der Waals surface area contributed by atoms with Crippen LogP contribution in [0.3, 0.4) is 0 Å². The molecule has 0 aromatic heterocycles. The van der Waals surface area contributed by atoms with Crippen LogP contribution in [0, 0.1) is 0 Å². The third-order valence-electron chi connectivity index (χ3n) is 3.70. The van der Waals surface area contributed by atoms with Crippen LogP contribution in [-0.2, 0) is 14.3 Å². The molecule has 0 aromatic carbocycles. The van der Waals surface area contributed by atoms with Gasteiger partial charge in [0.15, 0.2) is 0 Å². The van der Waals surface area contributed by atoms with Crippen molar-refractivity contribution < 1.29 is 14.3 Å². The van der Waals surface area contributed by atoms with Crippen molar-refractivity contribution in [3.63, 3.8) is 0 Å². The van der Waals surface area contributed by atoms with E-state index in [2.05, 4.69) is 24.1 Å². The molecule has 0 aromatic rings. The fraction of sp³-hybridized carbons (Fsp3) is 0.938. The molecule has 2 atom stereocenters. The van der Waals surface area contributed by atoms with Crippen LogP contribution < -0.4 is 5.32 Å². The van der Waals surface area contributed by atoms with Gasteiger partial charge in [-0.2, -0.15) is 0 Å². The van der Waals surface area contributed by atoms with Crippen molar-refractivity contribution in [2.75, 3.05) is 33.4 Å². The molecule has 5 heteroatoms. The third-order valence-corrected chi connectivity index (χ3v) is 3.70. The highest BCUT2D eigenvalue weighted by Gasteiger charge is 2.37. The zero-order valence-electron chi connectivity index (χ0n) is 14.9. The Hall–Kier alpha value is -0.650. The Morgan fingerprint density at radius 2 is 1.90 bits per heavy atom. The highest BCUT2D eigenvalue weighted by molar-refractivity contribution is 5.80. The first-order valence-electron chi connectivity index (χ1n) is 7.98. The molecule has 0 aliphatic carbocycles. The van der Waals surface area contributed by atoms with E-state index < -0.39 is 5.54 Å². The molecule has 0 rings (SSSR count). The largest absolute Gasteiger partial charge is 0.468 e. The minimum absolute atomic E-state index is 0.205. The lowest BCUT2D eigenvalue weighted by atomic mass is 9.92. The molecule has 1 N–H and O–H groups in total. The number of carbonyl (C=O) groups is 1. The highest BCUT2D eigenvalue weighted by atomic mass is 16.5. The summed E-state index contributed by atoms with van der Waals surface area (Å²) in [6, 6.07) is 0.491. The maximum atomic E-state index is 12.1. The molecule has 5 nitrogen and oxygen atoms in total. The lowest BCUT2D eigenvalue weighted by molar-refractivity contribution is -0.149. The van der Waals surface area contributed by atoms with E-state index in [9.17, 15) is 4.79 Å². The van der Waals surface area contributed by atoms with E-state index >= 15 is 0 Å². The number of nitrogens with zero attached hydrogens (tertiary/aromatic N) is 1. The Morgan fingerprint density at radius 1 is 1.29 bits per heavy atom. The average molecular weight is 302 g/mol. The summed E-state index contributed by atoms with van der Waals surface area (Å²) in [6.45, 7) is 15.6. The smallest absolute Gasteiger partial charge is 0.325 e. The number of hydrogen-bond donors (Lipinski definition) is 1. The monoisotopic (exact) mass is 302 g/mol. The number of nitrogens with one attached hydrogen (secondary N) is 1. The van der Waals surface area contributed by atoms with E-state index in [0.717, 1.165) is 26.3 Å². The number of carbonyl (C=O) groups excluding carboxylic acids is 1. The molecule has 0 aliphatic rings. The van der Waals surface area contributed by atoms with Gasteiger partial charge in [-0.25, -0.2) is 0 Å². The Morgan fingerprint density at radius 3 is 2.33 bits per heavy atom. The van der Waals surface area contributed by atoms with Crippen LogP contribution in [0.1, 0.15) is 48.0 Å². The predicted molar refractivity (Wildman–Crippen MR) is 86.5 cm³/mol. The van der Waals surface area contributed by atoms with Gasteiger partial charge in [0.1, 0.15) is 5.54 Å². The second kappa shape index (κ2) is 10.1. The highest BCUT2D eigenvalue weighted by Crippen LogP contribution is 2.19. The van der Waals surface area contributed by atoms with E-state index in [1.807, 2.05) is 27.7 Å². The Labute approximate surface area is 130 Å². The first-order chi connectivity index (χ1) is 9.80. The number of ether oxygens (including phenoxy) is 2. The zero-order valence-corrected chi connectivity index (χ0v) is 14.9. The Kier molecular flexibility index (Phi) is 9.83.